The highest BCUT2D eigenvalue weighted by molar-refractivity contribution is 6.34. The molecule has 4 aromatic heterocycles. The zero-order chi connectivity index (χ0) is 60.7. The van der Waals surface area contributed by atoms with Crippen molar-refractivity contribution in [2.45, 2.75) is 26.4 Å². The van der Waals surface area contributed by atoms with Crippen molar-refractivity contribution in [3.8, 4) is 34.0 Å². The van der Waals surface area contributed by atoms with Crippen LogP contribution in [-0.4, -0.2) is 182 Å². The zero-order valence-electron chi connectivity index (χ0n) is 47.7. The molecule has 2 aliphatic rings. The van der Waals surface area contributed by atoms with E-state index < -0.39 is 23.3 Å². The first kappa shape index (κ1) is 60.5. The standard InChI is InChI=1S/C32H35ClFN7O5.C27H27ClFN7O3/c1-32(2,3)46-31(44)38(4)19-27(42)39-12-14-40(15-13-39)30(43)22-8-7-21(17-23(22)33)37-28-29-36-18-25(41(29)11-10-35-28)20-6-9-26(45-5)24(34)16-20;1-30-16-24(37)34-9-11-35(12-10-34)27(38)19-5-4-18(14-20(19)28)33-25-26-32-15-22(36(26)8-7-31-25)17-3-6-23(39-2)21(29)13-17/h6-11,16-18H,12-15,19H2,1-5H3,(H,35,37);3-8,13-15,30H,9-12,16H2,1-2H3,(H,31,33). The highest BCUT2D eigenvalue weighted by Gasteiger charge is 2.30. The minimum Gasteiger partial charge on any atom is -0.494 e. The second-order valence-corrected chi connectivity index (χ2v) is 21.6. The lowest BCUT2D eigenvalue weighted by molar-refractivity contribution is -0.133. The predicted octanol–water partition coefficient (Wildman–Crippen LogP) is 8.54. The Morgan fingerprint density at radius 3 is 1.41 bits per heavy atom. The molecule has 4 aromatic carbocycles. The molecule has 22 nitrogen and oxygen atoms in total. The summed E-state index contributed by atoms with van der Waals surface area (Å²) in [5.74, 6) is -0.366. The molecule has 5 amide bonds. The van der Waals surface area contributed by atoms with Gasteiger partial charge in [0.05, 0.1) is 65.7 Å². The van der Waals surface area contributed by atoms with Crippen LogP contribution in [0.2, 0.25) is 10.0 Å². The van der Waals surface area contributed by atoms with Gasteiger partial charge in [0.15, 0.2) is 46.1 Å². The summed E-state index contributed by atoms with van der Waals surface area (Å²) in [4.78, 5) is 89.3. The van der Waals surface area contributed by atoms with Crippen LogP contribution in [0.3, 0.4) is 0 Å². The number of rotatable bonds is 14. The molecular weight excluding hydrogens is 1140 g/mol. The van der Waals surface area contributed by atoms with E-state index in [0.29, 0.717) is 125 Å². The lowest BCUT2D eigenvalue weighted by Crippen LogP contribution is -2.53. The highest BCUT2D eigenvalue weighted by atomic mass is 35.5. The number of hydrogen-bond acceptors (Lipinski definition) is 15. The summed E-state index contributed by atoms with van der Waals surface area (Å²) in [5.41, 5.74) is 4.91. The Bertz CT molecular complexity index is 3800. The lowest BCUT2D eigenvalue weighted by Gasteiger charge is -2.35. The fraction of sp³-hybridized carbons (Fsp3) is 0.305. The zero-order valence-corrected chi connectivity index (χ0v) is 49.2. The molecule has 8 aromatic rings. The summed E-state index contributed by atoms with van der Waals surface area (Å²) in [7, 11) is 6.07. The molecule has 3 N–H and O–H groups in total. The van der Waals surface area contributed by atoms with Gasteiger partial charge < -0.3 is 54.7 Å². The van der Waals surface area contributed by atoms with E-state index in [1.807, 2.05) is 0 Å². The van der Waals surface area contributed by atoms with Crippen molar-refractivity contribution < 1.29 is 47.0 Å². The number of amides is 5. The minimum atomic E-state index is -0.661. The fourth-order valence-corrected chi connectivity index (χ4v) is 10.1. The number of fused-ring (bicyclic) bond motifs is 2. The van der Waals surface area contributed by atoms with Crippen LogP contribution in [-0.2, 0) is 14.3 Å². The van der Waals surface area contributed by atoms with Crippen LogP contribution in [0.15, 0.2) is 110 Å². The quantitative estimate of drug-likeness (QED) is 0.0927. The highest BCUT2D eigenvalue weighted by Crippen LogP contribution is 2.33. The van der Waals surface area contributed by atoms with Crippen LogP contribution in [0.25, 0.3) is 33.8 Å². The Balaban J connectivity index is 0.000000206. The molecule has 0 spiro atoms. The average Bonchev–Trinajstić information content (AvgIpc) is 4.35. The fourth-order valence-electron chi connectivity index (χ4n) is 9.53. The Kier molecular flexibility index (Phi) is 18.6. The smallest absolute Gasteiger partial charge is 0.410 e. The van der Waals surface area contributed by atoms with Gasteiger partial charge in [-0.05, 0) is 101 Å². The molecule has 85 heavy (non-hydrogen) atoms. The van der Waals surface area contributed by atoms with E-state index in [0.717, 1.165) is 0 Å². The van der Waals surface area contributed by atoms with Gasteiger partial charge in [-0.2, -0.15) is 0 Å². The van der Waals surface area contributed by atoms with Gasteiger partial charge in [-0.3, -0.25) is 28.0 Å². The Labute approximate surface area is 498 Å². The second-order valence-electron chi connectivity index (χ2n) is 20.8. The number of carbonyl (C=O) groups excluding carboxylic acids is 5. The summed E-state index contributed by atoms with van der Waals surface area (Å²) in [6, 6.07) is 19.5. The Morgan fingerprint density at radius 2 is 1.02 bits per heavy atom. The average molecular weight is 1200 g/mol. The van der Waals surface area contributed by atoms with E-state index in [1.165, 1.54) is 38.3 Å². The number of nitrogens with zero attached hydrogens (tertiary/aromatic N) is 11. The van der Waals surface area contributed by atoms with Gasteiger partial charge in [0.25, 0.3) is 11.8 Å². The number of hydrogen-bond donors (Lipinski definition) is 3. The van der Waals surface area contributed by atoms with Gasteiger partial charge in [0.2, 0.25) is 11.8 Å². The van der Waals surface area contributed by atoms with Crippen molar-refractivity contribution in [1.82, 2.24) is 58.6 Å². The molecule has 2 fully saturated rings. The summed E-state index contributed by atoms with van der Waals surface area (Å²) in [5, 5.41) is 9.81. The summed E-state index contributed by atoms with van der Waals surface area (Å²) >= 11 is 13.1. The van der Waals surface area contributed by atoms with Gasteiger partial charge in [0.1, 0.15) is 12.1 Å². The molecule has 444 valence electrons. The van der Waals surface area contributed by atoms with Crippen LogP contribution in [0.5, 0.6) is 11.5 Å². The van der Waals surface area contributed by atoms with E-state index in [9.17, 15) is 32.8 Å². The minimum absolute atomic E-state index is 0.0162. The molecule has 2 aliphatic heterocycles. The maximum atomic E-state index is 14.4. The first-order valence-corrected chi connectivity index (χ1v) is 27.7. The summed E-state index contributed by atoms with van der Waals surface area (Å²) in [6.45, 7) is 8.58. The van der Waals surface area contributed by atoms with Gasteiger partial charge in [-0.15, -0.1) is 0 Å². The normalized spacial score (nSPS) is 13.5. The number of methoxy groups -OCH3 is 2. The van der Waals surface area contributed by atoms with Crippen molar-refractivity contribution in [3.63, 3.8) is 0 Å². The third-order valence-corrected chi connectivity index (χ3v) is 14.5. The van der Waals surface area contributed by atoms with Crippen LogP contribution in [0, 0.1) is 11.6 Å². The molecule has 0 bridgehead atoms. The molecule has 0 aliphatic carbocycles. The Morgan fingerprint density at radius 1 is 0.600 bits per heavy atom. The monoisotopic (exact) mass is 1200 g/mol. The molecule has 0 saturated carbocycles. The number of aromatic nitrogens is 6. The molecule has 0 unspecified atom stereocenters. The van der Waals surface area contributed by atoms with E-state index >= 15 is 0 Å². The number of halogens is 4. The number of anilines is 4. The van der Waals surface area contributed by atoms with Crippen LogP contribution >= 0.6 is 23.2 Å². The SMILES string of the molecule is CNCC(=O)N1CCN(C(=O)c2ccc(Nc3nccn4c(-c5ccc(OC)c(F)c5)cnc34)cc2Cl)CC1.COc1ccc(-c2cnc3c(Nc4ccc(C(=O)N5CCN(C(=O)CN(C)C(=O)OC(C)(C)C)CC5)c(Cl)c4)nccn23)cc1F. The molecule has 0 radical (unpaired) electrons. The van der Waals surface area contributed by atoms with E-state index in [2.05, 4.69) is 35.9 Å². The van der Waals surface area contributed by atoms with Crippen molar-refractivity contribution in [2.24, 2.45) is 0 Å². The third kappa shape index (κ3) is 13.9. The number of nitrogens with one attached hydrogen (secondary N) is 3. The van der Waals surface area contributed by atoms with E-state index in [-0.39, 0.29) is 53.2 Å². The van der Waals surface area contributed by atoms with Gasteiger partial charge in [-0.25, -0.2) is 33.5 Å². The first-order valence-electron chi connectivity index (χ1n) is 26.9. The Hall–Kier alpha value is -9.13. The number of imidazole rings is 2. The van der Waals surface area contributed by atoms with Gasteiger partial charge in [-0.1, -0.05) is 23.2 Å². The third-order valence-electron chi connectivity index (χ3n) is 13.9. The van der Waals surface area contributed by atoms with Crippen molar-refractivity contribution >= 4 is 87.2 Å². The van der Waals surface area contributed by atoms with Crippen molar-refractivity contribution in [1.29, 1.82) is 0 Å². The topological polar surface area (TPSA) is 226 Å². The summed E-state index contributed by atoms with van der Waals surface area (Å²) < 4.78 is 47.6. The molecule has 2 saturated heterocycles. The second kappa shape index (κ2) is 26.2. The molecule has 6 heterocycles. The molecule has 0 atom stereocenters. The number of carbonyl (C=O) groups is 5. The number of benzene rings is 4. The van der Waals surface area contributed by atoms with Crippen molar-refractivity contribution in [3.05, 3.63) is 143 Å². The van der Waals surface area contributed by atoms with Gasteiger partial charge >= 0.3 is 6.09 Å². The van der Waals surface area contributed by atoms with Crippen molar-refractivity contribution in [2.75, 3.05) is 104 Å². The lowest BCUT2D eigenvalue weighted by atomic mass is 10.1. The van der Waals surface area contributed by atoms with Crippen LogP contribution in [0.1, 0.15) is 41.5 Å². The maximum absolute atomic E-state index is 14.4. The predicted molar refractivity (Wildman–Crippen MR) is 317 cm³/mol. The number of piperazine rings is 2. The summed E-state index contributed by atoms with van der Waals surface area (Å²) in [6.07, 6.45) is 9.38. The molecule has 10 rings (SSSR count). The first-order chi connectivity index (χ1) is 40.7. The molecule has 26 heteroatoms. The van der Waals surface area contributed by atoms with E-state index in [4.69, 9.17) is 37.4 Å². The molecular formula is C59H62Cl2F2N14O8. The maximum Gasteiger partial charge on any atom is 0.410 e. The van der Waals surface area contributed by atoms with Crippen LogP contribution < -0.4 is 25.4 Å². The van der Waals surface area contributed by atoms with E-state index in [1.54, 1.807) is 154 Å². The van der Waals surface area contributed by atoms with Gasteiger partial charge in [0, 0.05) is 107 Å². The number of likely N-dealkylation sites (N-methyl/N-ethyl adjacent to an activating group) is 2. The largest absolute Gasteiger partial charge is 0.494 e. The van der Waals surface area contributed by atoms with Crippen LogP contribution in [0.4, 0.5) is 36.6 Å². The number of ether oxygens (including phenoxy) is 3.